The van der Waals surface area contributed by atoms with E-state index in [1.807, 2.05) is 61.5 Å². The Hall–Kier alpha value is -4.78. The average molecular weight is 493 g/mol. The zero-order valence-corrected chi connectivity index (χ0v) is 20.7. The van der Waals surface area contributed by atoms with Crippen molar-refractivity contribution in [1.29, 1.82) is 0 Å². The lowest BCUT2D eigenvalue weighted by molar-refractivity contribution is -0.121. The number of hydrogen-bond donors (Lipinski definition) is 2. The van der Waals surface area contributed by atoms with Crippen LogP contribution in [0.15, 0.2) is 103 Å². The van der Waals surface area contributed by atoms with Crippen molar-refractivity contribution < 1.29 is 14.4 Å². The first-order chi connectivity index (χ1) is 17.9. The molecule has 186 valence electrons. The highest BCUT2D eigenvalue weighted by Crippen LogP contribution is 2.26. The SMILES string of the molecule is CC(=O)Nc1ccc(C(=O)N(Cc2ccccc2)[C@H](C(=O)Nc2ccc(C)cc2)c2ccccn2)cc1. The number of carbonyl (C=O) groups excluding carboxylic acids is 3. The number of anilines is 2. The van der Waals surface area contributed by atoms with Gasteiger partial charge in [-0.05, 0) is 61.0 Å². The molecule has 3 aromatic carbocycles. The molecule has 0 unspecified atom stereocenters. The monoisotopic (exact) mass is 492 g/mol. The lowest BCUT2D eigenvalue weighted by Crippen LogP contribution is -2.41. The maximum atomic E-state index is 13.9. The van der Waals surface area contributed by atoms with E-state index in [2.05, 4.69) is 15.6 Å². The molecule has 0 fully saturated rings. The Kier molecular flexibility index (Phi) is 8.05. The van der Waals surface area contributed by atoms with Crippen LogP contribution in [-0.4, -0.2) is 27.6 Å². The Morgan fingerprint density at radius 1 is 0.784 bits per heavy atom. The van der Waals surface area contributed by atoms with E-state index >= 15 is 0 Å². The summed E-state index contributed by atoms with van der Waals surface area (Å²) in [5.41, 5.74) is 3.98. The highest BCUT2D eigenvalue weighted by atomic mass is 16.2. The molecule has 7 heteroatoms. The van der Waals surface area contributed by atoms with Crippen molar-refractivity contribution in [3.8, 4) is 0 Å². The molecule has 7 nitrogen and oxygen atoms in total. The van der Waals surface area contributed by atoms with Gasteiger partial charge in [0.1, 0.15) is 0 Å². The molecule has 3 amide bonds. The Balaban J connectivity index is 1.73. The number of amides is 3. The number of benzene rings is 3. The third-order valence-corrected chi connectivity index (χ3v) is 5.76. The van der Waals surface area contributed by atoms with E-state index in [1.54, 1.807) is 48.7 Å². The summed E-state index contributed by atoms with van der Waals surface area (Å²) in [4.78, 5) is 45.0. The first kappa shape index (κ1) is 25.3. The molecule has 0 saturated carbocycles. The van der Waals surface area contributed by atoms with Crippen molar-refractivity contribution in [1.82, 2.24) is 9.88 Å². The predicted octanol–water partition coefficient (Wildman–Crippen LogP) is 5.37. The molecule has 1 atom stereocenters. The number of carbonyl (C=O) groups is 3. The largest absolute Gasteiger partial charge is 0.326 e. The molecule has 0 aliphatic heterocycles. The Morgan fingerprint density at radius 2 is 1.41 bits per heavy atom. The fourth-order valence-corrected chi connectivity index (χ4v) is 3.95. The van der Waals surface area contributed by atoms with Crippen LogP contribution < -0.4 is 10.6 Å². The highest BCUT2D eigenvalue weighted by molar-refractivity contribution is 6.01. The maximum absolute atomic E-state index is 13.9. The minimum Gasteiger partial charge on any atom is -0.326 e. The van der Waals surface area contributed by atoms with Crippen LogP contribution in [0.1, 0.15) is 40.1 Å². The molecule has 0 saturated heterocycles. The van der Waals surface area contributed by atoms with Gasteiger partial charge in [0.2, 0.25) is 5.91 Å². The van der Waals surface area contributed by atoms with Crippen LogP contribution in [-0.2, 0) is 16.1 Å². The van der Waals surface area contributed by atoms with E-state index in [1.165, 1.54) is 11.8 Å². The first-order valence-corrected chi connectivity index (χ1v) is 11.9. The van der Waals surface area contributed by atoms with Gasteiger partial charge in [0.05, 0.1) is 5.69 Å². The molecule has 0 aliphatic rings. The summed E-state index contributed by atoms with van der Waals surface area (Å²) in [5, 5.41) is 5.65. The van der Waals surface area contributed by atoms with E-state index in [-0.39, 0.29) is 24.3 Å². The third-order valence-electron chi connectivity index (χ3n) is 5.76. The van der Waals surface area contributed by atoms with E-state index in [0.717, 1.165) is 11.1 Å². The molecular formula is C30H28N4O3. The highest BCUT2D eigenvalue weighted by Gasteiger charge is 2.33. The van der Waals surface area contributed by atoms with Gasteiger partial charge >= 0.3 is 0 Å². The van der Waals surface area contributed by atoms with Crippen molar-refractivity contribution in [2.75, 3.05) is 10.6 Å². The molecule has 4 aromatic rings. The van der Waals surface area contributed by atoms with E-state index in [4.69, 9.17) is 0 Å². The second-order valence-corrected chi connectivity index (χ2v) is 8.69. The number of nitrogens with one attached hydrogen (secondary N) is 2. The second-order valence-electron chi connectivity index (χ2n) is 8.69. The summed E-state index contributed by atoms with van der Waals surface area (Å²) in [7, 11) is 0. The Labute approximate surface area is 216 Å². The van der Waals surface area contributed by atoms with Crippen LogP contribution in [0.25, 0.3) is 0 Å². The number of aromatic nitrogens is 1. The molecular weight excluding hydrogens is 464 g/mol. The standard InChI is InChI=1S/C30H28N4O3/c1-21-11-15-26(16-12-21)33-29(36)28(27-10-6-7-19-31-27)34(20-23-8-4-3-5-9-23)30(37)24-13-17-25(18-14-24)32-22(2)35/h3-19,28H,20H2,1-2H3,(H,32,35)(H,33,36)/t28-/m0/s1. The van der Waals surface area contributed by atoms with Crippen LogP contribution in [0.3, 0.4) is 0 Å². The maximum Gasteiger partial charge on any atom is 0.255 e. The molecule has 4 rings (SSSR count). The topological polar surface area (TPSA) is 91.4 Å². The van der Waals surface area contributed by atoms with Crippen LogP contribution in [0.4, 0.5) is 11.4 Å². The number of aryl methyl sites for hydroxylation is 1. The van der Waals surface area contributed by atoms with Crippen LogP contribution in [0.5, 0.6) is 0 Å². The second kappa shape index (κ2) is 11.8. The van der Waals surface area contributed by atoms with Crippen LogP contribution >= 0.6 is 0 Å². The quantitative estimate of drug-likeness (QED) is 0.346. The fraction of sp³-hybridized carbons (Fsp3) is 0.133. The predicted molar refractivity (Wildman–Crippen MR) is 144 cm³/mol. The summed E-state index contributed by atoms with van der Waals surface area (Å²) >= 11 is 0. The van der Waals surface area contributed by atoms with Gasteiger partial charge in [-0.15, -0.1) is 0 Å². The van der Waals surface area contributed by atoms with Gasteiger partial charge in [0.25, 0.3) is 11.8 Å². The zero-order valence-electron chi connectivity index (χ0n) is 20.7. The van der Waals surface area contributed by atoms with Crippen LogP contribution in [0, 0.1) is 6.92 Å². The molecule has 1 heterocycles. The Bertz CT molecular complexity index is 1360. The number of pyridine rings is 1. The van der Waals surface area contributed by atoms with Gasteiger partial charge in [-0.25, -0.2) is 0 Å². The summed E-state index contributed by atoms with van der Waals surface area (Å²) in [6.07, 6.45) is 1.61. The van der Waals surface area contributed by atoms with Crippen molar-refractivity contribution in [2.45, 2.75) is 26.4 Å². The van der Waals surface area contributed by atoms with Gasteiger partial charge < -0.3 is 15.5 Å². The molecule has 0 aliphatic carbocycles. The summed E-state index contributed by atoms with van der Waals surface area (Å²) in [6.45, 7) is 3.58. The lowest BCUT2D eigenvalue weighted by Gasteiger charge is -2.31. The van der Waals surface area contributed by atoms with E-state index < -0.39 is 6.04 Å². The van der Waals surface area contributed by atoms with E-state index in [9.17, 15) is 14.4 Å². The number of nitrogens with zero attached hydrogens (tertiary/aromatic N) is 2. The molecule has 0 bridgehead atoms. The Morgan fingerprint density at radius 3 is 2.03 bits per heavy atom. The zero-order chi connectivity index (χ0) is 26.2. The number of rotatable bonds is 8. The molecule has 2 N–H and O–H groups in total. The normalized spacial score (nSPS) is 11.3. The molecule has 1 aromatic heterocycles. The van der Waals surface area contributed by atoms with Crippen molar-refractivity contribution >= 4 is 29.1 Å². The fourth-order valence-electron chi connectivity index (χ4n) is 3.95. The molecule has 0 radical (unpaired) electrons. The van der Waals surface area contributed by atoms with Gasteiger partial charge in [-0.3, -0.25) is 19.4 Å². The van der Waals surface area contributed by atoms with Crippen molar-refractivity contribution in [2.24, 2.45) is 0 Å². The smallest absolute Gasteiger partial charge is 0.255 e. The average Bonchev–Trinajstić information content (AvgIpc) is 2.90. The molecule has 0 spiro atoms. The van der Waals surface area contributed by atoms with Gasteiger partial charge in [0, 0.05) is 36.6 Å². The van der Waals surface area contributed by atoms with Gasteiger partial charge in [-0.1, -0.05) is 54.1 Å². The summed E-state index contributed by atoms with van der Waals surface area (Å²) < 4.78 is 0. The van der Waals surface area contributed by atoms with Crippen LogP contribution in [0.2, 0.25) is 0 Å². The third kappa shape index (κ3) is 6.67. The molecule has 37 heavy (non-hydrogen) atoms. The van der Waals surface area contributed by atoms with Crippen molar-refractivity contribution in [3.05, 3.63) is 126 Å². The minimum atomic E-state index is -0.995. The summed E-state index contributed by atoms with van der Waals surface area (Å²) in [5.74, 6) is -0.914. The van der Waals surface area contributed by atoms with Gasteiger partial charge in [0.15, 0.2) is 6.04 Å². The lowest BCUT2D eigenvalue weighted by atomic mass is 10.1. The van der Waals surface area contributed by atoms with Gasteiger partial charge in [-0.2, -0.15) is 0 Å². The van der Waals surface area contributed by atoms with E-state index in [0.29, 0.717) is 22.6 Å². The minimum absolute atomic E-state index is 0.190. The number of hydrogen-bond acceptors (Lipinski definition) is 4. The van der Waals surface area contributed by atoms with Crippen molar-refractivity contribution in [3.63, 3.8) is 0 Å². The first-order valence-electron chi connectivity index (χ1n) is 11.9. The summed E-state index contributed by atoms with van der Waals surface area (Å²) in [6, 6.07) is 27.9.